The lowest BCUT2D eigenvalue weighted by Gasteiger charge is -2.27. The molecule has 5 nitrogen and oxygen atoms in total. The number of aryl methyl sites for hydroxylation is 1. The standard InChI is InChI=1S/C13H25N5/c1-9(2)18(6)12-7-11(15-10(3)16-12)17-13(4,5)8-14/h7,9H,8,14H2,1-6H3,(H,15,16,17). The minimum atomic E-state index is -0.172. The van der Waals surface area contributed by atoms with E-state index in [1.807, 2.05) is 20.0 Å². The first kappa shape index (κ1) is 14.7. The smallest absolute Gasteiger partial charge is 0.134 e. The van der Waals surface area contributed by atoms with E-state index >= 15 is 0 Å². The van der Waals surface area contributed by atoms with Crippen LogP contribution in [0.25, 0.3) is 0 Å². The SMILES string of the molecule is Cc1nc(NC(C)(C)CN)cc(N(C)C(C)C)n1. The van der Waals surface area contributed by atoms with Gasteiger partial charge in [0.25, 0.3) is 0 Å². The van der Waals surface area contributed by atoms with E-state index in [-0.39, 0.29) is 5.54 Å². The van der Waals surface area contributed by atoms with Gasteiger partial charge in [-0.05, 0) is 34.6 Å². The molecule has 1 aromatic heterocycles. The van der Waals surface area contributed by atoms with E-state index in [1.54, 1.807) is 0 Å². The molecule has 5 heteroatoms. The fraction of sp³-hybridized carbons (Fsp3) is 0.692. The predicted octanol–water partition coefficient (Wildman–Crippen LogP) is 1.78. The number of hydrogen-bond donors (Lipinski definition) is 2. The summed E-state index contributed by atoms with van der Waals surface area (Å²) in [5, 5.41) is 3.34. The van der Waals surface area contributed by atoms with Crippen LogP contribution in [0.2, 0.25) is 0 Å². The molecule has 0 aromatic carbocycles. The maximum atomic E-state index is 5.72. The van der Waals surface area contributed by atoms with Crippen LogP contribution < -0.4 is 16.0 Å². The fourth-order valence-corrected chi connectivity index (χ4v) is 1.46. The summed E-state index contributed by atoms with van der Waals surface area (Å²) in [6.07, 6.45) is 0. The summed E-state index contributed by atoms with van der Waals surface area (Å²) in [7, 11) is 2.03. The van der Waals surface area contributed by atoms with Crippen molar-refractivity contribution in [2.24, 2.45) is 5.73 Å². The minimum Gasteiger partial charge on any atom is -0.364 e. The van der Waals surface area contributed by atoms with Gasteiger partial charge in [-0.25, -0.2) is 9.97 Å². The van der Waals surface area contributed by atoms with E-state index < -0.39 is 0 Å². The molecule has 1 heterocycles. The maximum Gasteiger partial charge on any atom is 0.134 e. The van der Waals surface area contributed by atoms with E-state index in [2.05, 4.69) is 47.9 Å². The summed E-state index contributed by atoms with van der Waals surface area (Å²) in [6.45, 7) is 10.8. The summed E-state index contributed by atoms with van der Waals surface area (Å²) in [5.41, 5.74) is 5.55. The van der Waals surface area contributed by atoms with Crippen LogP contribution >= 0.6 is 0 Å². The van der Waals surface area contributed by atoms with E-state index in [0.717, 1.165) is 17.5 Å². The highest BCUT2D eigenvalue weighted by Crippen LogP contribution is 2.19. The molecule has 0 fully saturated rings. The van der Waals surface area contributed by atoms with E-state index in [4.69, 9.17) is 5.73 Å². The zero-order valence-corrected chi connectivity index (χ0v) is 12.3. The molecule has 0 aliphatic heterocycles. The molecule has 0 saturated heterocycles. The molecular formula is C13H25N5. The zero-order chi connectivity index (χ0) is 13.9. The van der Waals surface area contributed by atoms with Crippen molar-refractivity contribution in [2.45, 2.75) is 46.2 Å². The molecule has 0 spiro atoms. The van der Waals surface area contributed by atoms with Gasteiger partial charge < -0.3 is 16.0 Å². The molecule has 1 aromatic rings. The summed E-state index contributed by atoms with van der Waals surface area (Å²) < 4.78 is 0. The lowest BCUT2D eigenvalue weighted by Crippen LogP contribution is -2.39. The number of nitrogens with one attached hydrogen (secondary N) is 1. The van der Waals surface area contributed by atoms with Gasteiger partial charge in [-0.2, -0.15) is 0 Å². The largest absolute Gasteiger partial charge is 0.364 e. The fourth-order valence-electron chi connectivity index (χ4n) is 1.46. The Morgan fingerprint density at radius 2 is 2.00 bits per heavy atom. The molecule has 3 N–H and O–H groups in total. The molecular weight excluding hydrogens is 226 g/mol. The summed E-state index contributed by atoms with van der Waals surface area (Å²) >= 11 is 0. The molecule has 0 unspecified atom stereocenters. The molecule has 0 atom stereocenters. The van der Waals surface area contributed by atoms with Gasteiger partial charge in [-0.3, -0.25) is 0 Å². The van der Waals surface area contributed by atoms with Crippen LogP contribution in [0.15, 0.2) is 6.07 Å². The Morgan fingerprint density at radius 3 is 2.50 bits per heavy atom. The van der Waals surface area contributed by atoms with Crippen molar-refractivity contribution < 1.29 is 0 Å². The van der Waals surface area contributed by atoms with Gasteiger partial charge in [-0.1, -0.05) is 0 Å². The highest BCUT2D eigenvalue weighted by molar-refractivity contribution is 5.50. The Morgan fingerprint density at radius 1 is 1.39 bits per heavy atom. The molecule has 0 amide bonds. The number of hydrogen-bond acceptors (Lipinski definition) is 5. The molecule has 18 heavy (non-hydrogen) atoms. The van der Waals surface area contributed by atoms with Gasteiger partial charge >= 0.3 is 0 Å². The van der Waals surface area contributed by atoms with Crippen molar-refractivity contribution in [1.82, 2.24) is 9.97 Å². The number of nitrogens with two attached hydrogens (primary N) is 1. The first-order valence-corrected chi connectivity index (χ1v) is 6.32. The van der Waals surface area contributed by atoms with E-state index in [1.165, 1.54) is 0 Å². The third-order valence-electron chi connectivity index (χ3n) is 2.94. The van der Waals surface area contributed by atoms with Crippen molar-refractivity contribution in [3.63, 3.8) is 0 Å². The van der Waals surface area contributed by atoms with Gasteiger partial charge in [0.15, 0.2) is 0 Å². The van der Waals surface area contributed by atoms with Crippen LogP contribution in [0.1, 0.15) is 33.5 Å². The quantitative estimate of drug-likeness (QED) is 0.835. The monoisotopic (exact) mass is 251 g/mol. The van der Waals surface area contributed by atoms with Gasteiger partial charge in [0.2, 0.25) is 0 Å². The molecule has 1 rings (SSSR count). The first-order chi connectivity index (χ1) is 8.25. The van der Waals surface area contributed by atoms with Crippen LogP contribution in [0.5, 0.6) is 0 Å². The lowest BCUT2D eigenvalue weighted by atomic mass is 10.1. The Labute approximate surface area is 110 Å². The number of aromatic nitrogens is 2. The van der Waals surface area contributed by atoms with Crippen LogP contribution in [0, 0.1) is 6.92 Å². The van der Waals surface area contributed by atoms with Crippen molar-refractivity contribution in [3.8, 4) is 0 Å². The molecule has 0 radical (unpaired) electrons. The molecule has 102 valence electrons. The second-order valence-corrected chi connectivity index (χ2v) is 5.58. The van der Waals surface area contributed by atoms with Gasteiger partial charge in [-0.15, -0.1) is 0 Å². The zero-order valence-electron chi connectivity index (χ0n) is 12.3. The van der Waals surface area contributed by atoms with Crippen LogP contribution in [0.3, 0.4) is 0 Å². The third-order valence-corrected chi connectivity index (χ3v) is 2.94. The Hall–Kier alpha value is -1.36. The lowest BCUT2D eigenvalue weighted by molar-refractivity contribution is 0.576. The highest BCUT2D eigenvalue weighted by atomic mass is 15.2. The van der Waals surface area contributed by atoms with E-state index in [9.17, 15) is 0 Å². The average Bonchev–Trinajstić information content (AvgIpc) is 2.26. The van der Waals surface area contributed by atoms with Crippen LogP contribution in [-0.4, -0.2) is 35.1 Å². The molecule has 0 bridgehead atoms. The van der Waals surface area contributed by atoms with E-state index in [0.29, 0.717) is 12.6 Å². The van der Waals surface area contributed by atoms with Crippen molar-refractivity contribution in [3.05, 3.63) is 11.9 Å². The molecule has 0 saturated carbocycles. The van der Waals surface area contributed by atoms with Crippen molar-refractivity contribution in [1.29, 1.82) is 0 Å². The van der Waals surface area contributed by atoms with Gasteiger partial charge in [0.05, 0.1) is 0 Å². The Balaban J connectivity index is 3.01. The average molecular weight is 251 g/mol. The second kappa shape index (κ2) is 5.52. The number of anilines is 2. The molecule has 0 aliphatic rings. The summed E-state index contributed by atoms with van der Waals surface area (Å²) in [6, 6.07) is 2.36. The summed E-state index contributed by atoms with van der Waals surface area (Å²) in [4.78, 5) is 11.0. The number of nitrogens with zero attached hydrogens (tertiary/aromatic N) is 3. The van der Waals surface area contributed by atoms with Crippen molar-refractivity contribution >= 4 is 11.6 Å². The predicted molar refractivity (Wildman–Crippen MR) is 77.1 cm³/mol. The summed E-state index contributed by atoms with van der Waals surface area (Å²) in [5.74, 6) is 2.50. The minimum absolute atomic E-state index is 0.172. The maximum absolute atomic E-state index is 5.72. The van der Waals surface area contributed by atoms with Crippen molar-refractivity contribution in [2.75, 3.05) is 23.8 Å². The first-order valence-electron chi connectivity index (χ1n) is 6.32. The Bertz CT molecular complexity index is 400. The number of rotatable bonds is 5. The van der Waals surface area contributed by atoms with Crippen LogP contribution in [0.4, 0.5) is 11.6 Å². The third kappa shape index (κ3) is 3.84. The topological polar surface area (TPSA) is 67.1 Å². The van der Waals surface area contributed by atoms with Gasteiger partial charge in [0, 0.05) is 31.2 Å². The normalized spacial score (nSPS) is 11.8. The second-order valence-electron chi connectivity index (χ2n) is 5.58. The van der Waals surface area contributed by atoms with Gasteiger partial charge in [0.1, 0.15) is 17.5 Å². The van der Waals surface area contributed by atoms with Crippen LogP contribution in [-0.2, 0) is 0 Å². The highest BCUT2D eigenvalue weighted by Gasteiger charge is 2.17. The Kier molecular flexibility index (Phi) is 4.51. The molecule has 0 aliphatic carbocycles.